The average molecular weight is 258 g/mol. The summed E-state index contributed by atoms with van der Waals surface area (Å²) in [5.41, 5.74) is 3.76. The van der Waals surface area contributed by atoms with Gasteiger partial charge in [-0.2, -0.15) is 0 Å². The summed E-state index contributed by atoms with van der Waals surface area (Å²) in [6, 6.07) is 0. The van der Waals surface area contributed by atoms with E-state index in [0.29, 0.717) is 5.78 Å². The van der Waals surface area contributed by atoms with Gasteiger partial charge in [0.05, 0.1) is 0 Å². The van der Waals surface area contributed by atoms with Crippen LogP contribution in [-0.2, 0) is 4.79 Å². The minimum atomic E-state index is 0.0634. The Labute approximate surface area is 116 Å². The van der Waals surface area contributed by atoms with E-state index in [1.54, 1.807) is 0 Å². The highest BCUT2D eigenvalue weighted by Gasteiger charge is 2.54. The van der Waals surface area contributed by atoms with Crippen LogP contribution in [0.1, 0.15) is 71.1 Å². The van der Waals surface area contributed by atoms with Crippen molar-refractivity contribution in [1.82, 2.24) is 0 Å². The molecule has 0 aromatic rings. The number of hydrogen-bond acceptors (Lipinski definition) is 1. The van der Waals surface area contributed by atoms with E-state index < -0.39 is 0 Å². The standard InChI is InChI=1S/C18H26O/c1-18-11-10-14-13-5-3-2-4-12(13)6-7-15(14)16(18)8-9-17(18)19/h14-16H,2-11H2,1H3. The average Bonchev–Trinajstić information content (AvgIpc) is 2.75. The van der Waals surface area contributed by atoms with Gasteiger partial charge in [0.15, 0.2) is 0 Å². The molecule has 19 heavy (non-hydrogen) atoms. The first kappa shape index (κ1) is 12.2. The molecule has 0 spiro atoms. The molecule has 2 saturated carbocycles. The van der Waals surface area contributed by atoms with E-state index in [4.69, 9.17) is 0 Å². The SMILES string of the molecule is CC12CCC3C4=C(CCCC4)CCC3C1CCC2=O. The van der Waals surface area contributed by atoms with Gasteiger partial charge in [0.2, 0.25) is 0 Å². The van der Waals surface area contributed by atoms with Crippen molar-refractivity contribution in [2.75, 3.05) is 0 Å². The first-order chi connectivity index (χ1) is 9.20. The Bertz CT molecular complexity index is 447. The Hall–Kier alpha value is -0.590. The van der Waals surface area contributed by atoms with Gasteiger partial charge in [-0.3, -0.25) is 4.79 Å². The molecule has 0 aromatic carbocycles. The van der Waals surface area contributed by atoms with Crippen LogP contribution in [0.15, 0.2) is 11.1 Å². The van der Waals surface area contributed by atoms with Gasteiger partial charge in [0.1, 0.15) is 5.78 Å². The van der Waals surface area contributed by atoms with E-state index in [-0.39, 0.29) is 5.41 Å². The maximum absolute atomic E-state index is 12.3. The Morgan fingerprint density at radius 1 is 1.00 bits per heavy atom. The topological polar surface area (TPSA) is 17.1 Å². The molecule has 0 aromatic heterocycles. The van der Waals surface area contributed by atoms with Gasteiger partial charge in [-0.15, -0.1) is 0 Å². The summed E-state index contributed by atoms with van der Waals surface area (Å²) in [6.07, 6.45) is 12.9. The first-order valence-corrected chi connectivity index (χ1v) is 8.44. The third-order valence-corrected chi connectivity index (χ3v) is 7.00. The van der Waals surface area contributed by atoms with E-state index in [1.165, 1.54) is 57.8 Å². The van der Waals surface area contributed by atoms with Crippen LogP contribution in [-0.4, -0.2) is 5.78 Å². The fourth-order valence-electron chi connectivity index (χ4n) is 5.96. The second-order valence-electron chi connectivity index (χ2n) is 7.67. The molecule has 1 heteroatoms. The van der Waals surface area contributed by atoms with Crippen molar-refractivity contribution in [1.29, 1.82) is 0 Å². The second-order valence-corrected chi connectivity index (χ2v) is 7.67. The zero-order valence-corrected chi connectivity index (χ0v) is 12.2. The lowest BCUT2D eigenvalue weighted by molar-refractivity contribution is -0.129. The van der Waals surface area contributed by atoms with Crippen molar-refractivity contribution in [3.05, 3.63) is 11.1 Å². The fraction of sp³-hybridized carbons (Fsp3) is 0.833. The van der Waals surface area contributed by atoms with Crippen LogP contribution in [0.25, 0.3) is 0 Å². The van der Waals surface area contributed by atoms with Crippen molar-refractivity contribution in [3.8, 4) is 0 Å². The van der Waals surface area contributed by atoms with E-state index in [1.807, 2.05) is 11.1 Å². The molecule has 0 amide bonds. The maximum Gasteiger partial charge on any atom is 0.139 e. The van der Waals surface area contributed by atoms with Crippen LogP contribution in [0.3, 0.4) is 0 Å². The lowest BCUT2D eigenvalue weighted by Gasteiger charge is -2.49. The van der Waals surface area contributed by atoms with Crippen molar-refractivity contribution in [2.45, 2.75) is 71.1 Å². The summed E-state index contributed by atoms with van der Waals surface area (Å²) in [4.78, 5) is 12.3. The quantitative estimate of drug-likeness (QED) is 0.577. The van der Waals surface area contributed by atoms with E-state index in [0.717, 1.165) is 24.2 Å². The van der Waals surface area contributed by atoms with Crippen LogP contribution in [0.5, 0.6) is 0 Å². The third-order valence-electron chi connectivity index (χ3n) is 7.00. The monoisotopic (exact) mass is 258 g/mol. The lowest BCUT2D eigenvalue weighted by atomic mass is 9.54. The van der Waals surface area contributed by atoms with Crippen molar-refractivity contribution in [2.24, 2.45) is 23.2 Å². The maximum atomic E-state index is 12.3. The van der Waals surface area contributed by atoms with Gasteiger partial charge in [0, 0.05) is 11.8 Å². The molecule has 0 aliphatic heterocycles. The number of hydrogen-bond donors (Lipinski definition) is 0. The molecular formula is C18H26O. The lowest BCUT2D eigenvalue weighted by Crippen LogP contribution is -2.43. The van der Waals surface area contributed by atoms with Crippen LogP contribution >= 0.6 is 0 Å². The molecule has 4 atom stereocenters. The number of carbonyl (C=O) groups excluding carboxylic acids is 1. The van der Waals surface area contributed by atoms with Crippen molar-refractivity contribution in [3.63, 3.8) is 0 Å². The second kappa shape index (κ2) is 4.20. The van der Waals surface area contributed by atoms with Crippen molar-refractivity contribution >= 4 is 5.78 Å². The van der Waals surface area contributed by atoms with Gasteiger partial charge < -0.3 is 0 Å². The van der Waals surface area contributed by atoms with Crippen LogP contribution in [0.4, 0.5) is 0 Å². The summed E-state index contributed by atoms with van der Waals surface area (Å²) >= 11 is 0. The molecule has 2 fully saturated rings. The fourth-order valence-corrected chi connectivity index (χ4v) is 5.96. The van der Waals surface area contributed by atoms with Crippen LogP contribution in [0, 0.1) is 23.2 Å². The number of Topliss-reactive ketones (excluding diaryl/α,β-unsaturated/α-hetero) is 1. The molecule has 1 nitrogen and oxygen atoms in total. The molecule has 4 aliphatic carbocycles. The van der Waals surface area contributed by atoms with Gasteiger partial charge in [0.25, 0.3) is 0 Å². The number of allylic oxidation sites excluding steroid dienone is 2. The Morgan fingerprint density at radius 2 is 1.84 bits per heavy atom. The van der Waals surface area contributed by atoms with Gasteiger partial charge >= 0.3 is 0 Å². The van der Waals surface area contributed by atoms with Gasteiger partial charge in [-0.05, 0) is 75.5 Å². The molecule has 0 radical (unpaired) electrons. The molecule has 0 heterocycles. The summed E-state index contributed by atoms with van der Waals surface area (Å²) < 4.78 is 0. The highest BCUT2D eigenvalue weighted by Crippen LogP contribution is 2.59. The van der Waals surface area contributed by atoms with E-state index in [9.17, 15) is 4.79 Å². The summed E-state index contributed by atoms with van der Waals surface area (Å²) in [7, 11) is 0. The summed E-state index contributed by atoms with van der Waals surface area (Å²) in [5.74, 6) is 3.02. The predicted octanol–water partition coefficient (Wildman–Crippen LogP) is 4.66. The summed E-state index contributed by atoms with van der Waals surface area (Å²) in [6.45, 7) is 2.29. The molecule has 4 unspecified atom stereocenters. The van der Waals surface area contributed by atoms with E-state index in [2.05, 4.69) is 6.92 Å². The molecular weight excluding hydrogens is 232 g/mol. The molecule has 0 bridgehead atoms. The minimum Gasteiger partial charge on any atom is -0.299 e. The third kappa shape index (κ3) is 1.63. The number of rotatable bonds is 0. The number of fused-ring (bicyclic) bond motifs is 4. The molecule has 4 rings (SSSR count). The molecule has 4 aliphatic rings. The smallest absolute Gasteiger partial charge is 0.139 e. The Balaban J connectivity index is 1.68. The van der Waals surface area contributed by atoms with Crippen LogP contribution in [0.2, 0.25) is 0 Å². The highest BCUT2D eigenvalue weighted by atomic mass is 16.1. The molecule has 0 saturated heterocycles. The van der Waals surface area contributed by atoms with Gasteiger partial charge in [-0.1, -0.05) is 18.1 Å². The number of carbonyl (C=O) groups is 1. The zero-order valence-electron chi connectivity index (χ0n) is 12.2. The van der Waals surface area contributed by atoms with Crippen LogP contribution < -0.4 is 0 Å². The summed E-state index contributed by atoms with van der Waals surface area (Å²) in [5, 5.41) is 0. The molecule has 0 N–H and O–H groups in total. The van der Waals surface area contributed by atoms with Gasteiger partial charge in [-0.25, -0.2) is 0 Å². The number of ketones is 1. The Kier molecular flexibility index (Phi) is 2.69. The highest BCUT2D eigenvalue weighted by molar-refractivity contribution is 5.87. The minimum absolute atomic E-state index is 0.0634. The molecule has 104 valence electrons. The largest absolute Gasteiger partial charge is 0.299 e. The zero-order chi connectivity index (χ0) is 13.0. The van der Waals surface area contributed by atoms with E-state index >= 15 is 0 Å². The predicted molar refractivity (Wildman–Crippen MR) is 76.8 cm³/mol. The normalized spacial score (nSPS) is 45.7. The Morgan fingerprint density at radius 3 is 2.74 bits per heavy atom. The van der Waals surface area contributed by atoms with Crippen molar-refractivity contribution < 1.29 is 4.79 Å². The first-order valence-electron chi connectivity index (χ1n) is 8.44.